The van der Waals surface area contributed by atoms with Gasteiger partial charge in [0.2, 0.25) is 0 Å². The Morgan fingerprint density at radius 3 is 2.76 bits per heavy atom. The molecule has 2 aromatic heterocycles. The molecule has 0 aromatic carbocycles. The monoisotopic (exact) mass is 290 g/mol. The summed E-state index contributed by atoms with van der Waals surface area (Å²) in [5.74, 6) is -0.240. The zero-order valence-electron chi connectivity index (χ0n) is 13.1. The van der Waals surface area contributed by atoms with Crippen LogP contribution in [0.4, 0.5) is 0 Å². The van der Waals surface area contributed by atoms with E-state index in [-0.39, 0.29) is 17.9 Å². The van der Waals surface area contributed by atoms with Gasteiger partial charge in [0.05, 0.1) is 17.4 Å². The number of carbonyl (C=O) groups is 1. The summed E-state index contributed by atoms with van der Waals surface area (Å²) >= 11 is 0. The molecule has 0 bridgehead atoms. The second-order valence-corrected chi connectivity index (χ2v) is 6.40. The van der Waals surface area contributed by atoms with E-state index < -0.39 is 6.10 Å². The molecule has 0 saturated heterocycles. The van der Waals surface area contributed by atoms with Gasteiger partial charge in [-0.05, 0) is 18.4 Å². The molecule has 1 atom stereocenters. The van der Waals surface area contributed by atoms with Crippen LogP contribution in [0.2, 0.25) is 0 Å². The molecule has 1 unspecified atom stereocenters. The summed E-state index contributed by atoms with van der Waals surface area (Å²) in [5.41, 5.74) is 1.79. The highest BCUT2D eigenvalue weighted by molar-refractivity contribution is 5.97. The first kappa shape index (κ1) is 15.4. The minimum atomic E-state index is -0.599. The van der Waals surface area contributed by atoms with E-state index in [1.54, 1.807) is 10.7 Å². The number of hydrogen-bond acceptors (Lipinski definition) is 4. The van der Waals surface area contributed by atoms with Crippen molar-refractivity contribution < 1.29 is 9.90 Å². The Kier molecular flexibility index (Phi) is 4.00. The van der Waals surface area contributed by atoms with Gasteiger partial charge in [0, 0.05) is 25.2 Å². The summed E-state index contributed by atoms with van der Waals surface area (Å²) in [7, 11) is 1.82. The van der Waals surface area contributed by atoms with Crippen molar-refractivity contribution in [3.8, 4) is 0 Å². The van der Waals surface area contributed by atoms with E-state index in [1.165, 1.54) is 6.20 Å². The van der Waals surface area contributed by atoms with Gasteiger partial charge in [0.15, 0.2) is 5.65 Å². The highest BCUT2D eigenvalue weighted by atomic mass is 16.3. The van der Waals surface area contributed by atoms with Crippen molar-refractivity contribution in [1.29, 1.82) is 0 Å². The average Bonchev–Trinajstić information content (AvgIpc) is 2.69. The molecule has 0 aliphatic carbocycles. The normalized spacial score (nSPS) is 13.4. The van der Waals surface area contributed by atoms with Crippen LogP contribution in [0.1, 0.15) is 36.8 Å². The average molecular weight is 290 g/mol. The topological polar surface area (TPSA) is 80.0 Å². The number of aliphatic hydroxyl groups is 1. The van der Waals surface area contributed by atoms with E-state index in [2.05, 4.69) is 15.4 Å². The van der Waals surface area contributed by atoms with Gasteiger partial charge in [-0.1, -0.05) is 20.8 Å². The summed E-state index contributed by atoms with van der Waals surface area (Å²) < 4.78 is 1.69. The van der Waals surface area contributed by atoms with Crippen molar-refractivity contribution in [1.82, 2.24) is 20.1 Å². The lowest BCUT2D eigenvalue weighted by molar-refractivity contribution is 0.0587. The summed E-state index contributed by atoms with van der Waals surface area (Å²) in [6.07, 6.45) is 0.931. The number of aliphatic hydroxyl groups excluding tert-OH is 1. The zero-order chi connectivity index (χ0) is 15.8. The van der Waals surface area contributed by atoms with Crippen molar-refractivity contribution in [2.24, 2.45) is 12.5 Å². The molecule has 1 amide bonds. The molecule has 0 aliphatic rings. The van der Waals surface area contributed by atoms with E-state index in [1.807, 2.05) is 34.7 Å². The molecule has 2 N–H and O–H groups in total. The fourth-order valence-electron chi connectivity index (χ4n) is 2.03. The van der Waals surface area contributed by atoms with Crippen molar-refractivity contribution >= 4 is 16.9 Å². The van der Waals surface area contributed by atoms with Crippen LogP contribution in [0.25, 0.3) is 11.0 Å². The van der Waals surface area contributed by atoms with E-state index in [4.69, 9.17) is 0 Å². The van der Waals surface area contributed by atoms with E-state index in [0.29, 0.717) is 5.56 Å². The van der Waals surface area contributed by atoms with Gasteiger partial charge in [-0.2, -0.15) is 5.10 Å². The Labute approximate surface area is 124 Å². The molecule has 2 rings (SSSR count). The van der Waals surface area contributed by atoms with Crippen molar-refractivity contribution in [2.45, 2.75) is 33.8 Å². The molecule has 0 radical (unpaired) electrons. The largest absolute Gasteiger partial charge is 0.391 e. The molecule has 0 spiro atoms. The number of aromatic nitrogens is 3. The van der Waals surface area contributed by atoms with Gasteiger partial charge in [0.1, 0.15) is 0 Å². The maximum atomic E-state index is 12.1. The number of pyridine rings is 1. The van der Waals surface area contributed by atoms with Crippen LogP contribution in [0.15, 0.2) is 12.3 Å². The molecule has 2 aromatic rings. The number of amides is 1. The van der Waals surface area contributed by atoms with E-state index in [9.17, 15) is 9.90 Å². The van der Waals surface area contributed by atoms with Crippen LogP contribution in [0.5, 0.6) is 0 Å². The molecular weight excluding hydrogens is 268 g/mol. The molecule has 0 saturated carbocycles. The van der Waals surface area contributed by atoms with Gasteiger partial charge in [-0.15, -0.1) is 0 Å². The number of carbonyl (C=O) groups excluding carboxylic acids is 1. The van der Waals surface area contributed by atoms with Crippen molar-refractivity contribution in [3.05, 3.63) is 23.5 Å². The lowest BCUT2D eigenvalue weighted by Crippen LogP contribution is -2.39. The molecule has 21 heavy (non-hydrogen) atoms. The van der Waals surface area contributed by atoms with Crippen molar-refractivity contribution in [3.63, 3.8) is 0 Å². The fourth-order valence-corrected chi connectivity index (χ4v) is 2.03. The Bertz CT molecular complexity index is 670. The molecule has 114 valence electrons. The highest BCUT2D eigenvalue weighted by Crippen LogP contribution is 2.19. The van der Waals surface area contributed by atoms with E-state index >= 15 is 0 Å². The Morgan fingerprint density at radius 2 is 2.14 bits per heavy atom. The number of nitrogens with zero attached hydrogens (tertiary/aromatic N) is 3. The van der Waals surface area contributed by atoms with Crippen LogP contribution in [-0.4, -0.2) is 38.4 Å². The minimum absolute atomic E-state index is 0.215. The van der Waals surface area contributed by atoms with Gasteiger partial charge < -0.3 is 10.4 Å². The number of fused-ring (bicyclic) bond motifs is 1. The summed E-state index contributed by atoms with van der Waals surface area (Å²) in [5, 5.41) is 17.8. The third kappa shape index (κ3) is 3.21. The number of rotatable bonds is 3. The van der Waals surface area contributed by atoms with Gasteiger partial charge in [0.25, 0.3) is 5.91 Å². The quantitative estimate of drug-likeness (QED) is 0.896. The molecule has 6 heteroatoms. The summed E-state index contributed by atoms with van der Waals surface area (Å²) in [6, 6.07) is 1.78. The fraction of sp³-hybridized carbons (Fsp3) is 0.533. The number of aryl methyl sites for hydroxylation is 2. The second-order valence-electron chi connectivity index (χ2n) is 6.40. The first-order valence-electron chi connectivity index (χ1n) is 6.96. The molecule has 0 aliphatic heterocycles. The maximum absolute atomic E-state index is 12.1. The van der Waals surface area contributed by atoms with Gasteiger partial charge in [-0.25, -0.2) is 4.98 Å². The lowest BCUT2D eigenvalue weighted by atomic mass is 9.89. The number of hydrogen-bond donors (Lipinski definition) is 2. The van der Waals surface area contributed by atoms with Crippen LogP contribution < -0.4 is 5.32 Å². The number of nitrogens with one attached hydrogen (secondary N) is 1. The molecule has 0 fully saturated rings. The van der Waals surface area contributed by atoms with E-state index in [0.717, 1.165) is 16.7 Å². The van der Waals surface area contributed by atoms with Crippen LogP contribution >= 0.6 is 0 Å². The van der Waals surface area contributed by atoms with Crippen LogP contribution in [-0.2, 0) is 7.05 Å². The highest BCUT2D eigenvalue weighted by Gasteiger charge is 2.22. The Balaban J connectivity index is 2.15. The van der Waals surface area contributed by atoms with Crippen molar-refractivity contribution in [2.75, 3.05) is 6.54 Å². The van der Waals surface area contributed by atoms with Crippen LogP contribution in [0, 0.1) is 12.3 Å². The minimum Gasteiger partial charge on any atom is -0.391 e. The molecular formula is C15H22N4O2. The zero-order valence-corrected chi connectivity index (χ0v) is 13.1. The predicted octanol–water partition coefficient (Wildman–Crippen LogP) is 1.41. The molecule has 2 heterocycles. The third-order valence-corrected chi connectivity index (χ3v) is 3.58. The SMILES string of the molecule is Cc1nn(C)c2ncc(C(=O)NCC(O)C(C)(C)C)cc12. The summed E-state index contributed by atoms with van der Waals surface area (Å²) in [4.78, 5) is 16.4. The summed E-state index contributed by atoms with van der Waals surface area (Å²) in [6.45, 7) is 7.88. The smallest absolute Gasteiger partial charge is 0.252 e. The third-order valence-electron chi connectivity index (χ3n) is 3.58. The first-order valence-corrected chi connectivity index (χ1v) is 6.96. The van der Waals surface area contributed by atoms with Crippen LogP contribution in [0.3, 0.4) is 0 Å². The van der Waals surface area contributed by atoms with Gasteiger partial charge in [-0.3, -0.25) is 9.48 Å². The standard InChI is InChI=1S/C15H22N4O2/c1-9-11-6-10(7-16-13(11)19(5)18-9)14(21)17-8-12(20)15(2,3)4/h6-7,12,20H,8H2,1-5H3,(H,17,21). The Hall–Kier alpha value is -1.95. The predicted molar refractivity (Wildman–Crippen MR) is 81.0 cm³/mol. The molecule has 6 nitrogen and oxygen atoms in total. The van der Waals surface area contributed by atoms with Gasteiger partial charge >= 0.3 is 0 Å². The maximum Gasteiger partial charge on any atom is 0.252 e. The first-order chi connectivity index (χ1) is 9.70. The Morgan fingerprint density at radius 1 is 1.48 bits per heavy atom. The second kappa shape index (κ2) is 5.44. The lowest BCUT2D eigenvalue weighted by Gasteiger charge is -2.25.